The Morgan fingerprint density at radius 1 is 1.13 bits per heavy atom. The van der Waals surface area contributed by atoms with Crippen LogP contribution in [0.1, 0.15) is 48.6 Å². The minimum absolute atomic E-state index is 0.474. The van der Waals surface area contributed by atoms with Gasteiger partial charge in [0.2, 0.25) is 0 Å². The SMILES string of the molecule is CCC#Cc1ccc(Cc2cc([C@@H]3O[C@H](CO)[C@@H](O)[C@H](O)[C@]3(C)O)ccc2Cl)cc1. The van der Waals surface area contributed by atoms with E-state index in [9.17, 15) is 20.4 Å². The van der Waals surface area contributed by atoms with Gasteiger partial charge in [-0.1, -0.05) is 54.6 Å². The highest BCUT2D eigenvalue weighted by atomic mass is 35.5. The maximum atomic E-state index is 10.8. The maximum absolute atomic E-state index is 10.8. The van der Waals surface area contributed by atoms with Gasteiger partial charge in [-0.05, 0) is 48.2 Å². The molecule has 0 aromatic heterocycles. The Hall–Kier alpha value is -1.91. The van der Waals surface area contributed by atoms with E-state index in [0.29, 0.717) is 17.0 Å². The predicted octanol–water partition coefficient (Wildman–Crippen LogP) is 2.60. The molecule has 0 saturated carbocycles. The van der Waals surface area contributed by atoms with E-state index in [0.717, 1.165) is 23.1 Å². The fourth-order valence-corrected chi connectivity index (χ4v) is 3.86. The molecule has 0 amide bonds. The van der Waals surface area contributed by atoms with Crippen LogP contribution in [0.5, 0.6) is 0 Å². The molecule has 0 aliphatic carbocycles. The molecule has 30 heavy (non-hydrogen) atoms. The third-order valence-electron chi connectivity index (χ3n) is 5.46. The molecule has 1 aliphatic rings. The number of halogens is 1. The van der Waals surface area contributed by atoms with Crippen molar-refractivity contribution in [2.75, 3.05) is 6.61 Å². The largest absolute Gasteiger partial charge is 0.394 e. The van der Waals surface area contributed by atoms with Gasteiger partial charge in [0.15, 0.2) is 0 Å². The molecule has 5 atom stereocenters. The van der Waals surface area contributed by atoms with Gasteiger partial charge < -0.3 is 25.2 Å². The Labute approximate surface area is 181 Å². The summed E-state index contributed by atoms with van der Waals surface area (Å²) in [7, 11) is 0. The van der Waals surface area contributed by atoms with Crippen molar-refractivity contribution in [1.29, 1.82) is 0 Å². The van der Waals surface area contributed by atoms with Crippen molar-refractivity contribution in [1.82, 2.24) is 0 Å². The van der Waals surface area contributed by atoms with E-state index in [2.05, 4.69) is 11.8 Å². The van der Waals surface area contributed by atoms with Crippen LogP contribution in [0.4, 0.5) is 0 Å². The van der Waals surface area contributed by atoms with Gasteiger partial charge in [0.1, 0.15) is 30.0 Å². The van der Waals surface area contributed by atoms with E-state index in [1.807, 2.05) is 37.3 Å². The average Bonchev–Trinajstić information content (AvgIpc) is 2.74. The van der Waals surface area contributed by atoms with Crippen molar-refractivity contribution in [2.24, 2.45) is 0 Å². The van der Waals surface area contributed by atoms with E-state index in [1.165, 1.54) is 6.92 Å². The van der Waals surface area contributed by atoms with Crippen molar-refractivity contribution < 1.29 is 25.2 Å². The van der Waals surface area contributed by atoms with Crippen LogP contribution in [-0.2, 0) is 11.2 Å². The van der Waals surface area contributed by atoms with Crippen LogP contribution in [0.3, 0.4) is 0 Å². The van der Waals surface area contributed by atoms with Crippen LogP contribution in [0, 0.1) is 11.8 Å². The van der Waals surface area contributed by atoms with Gasteiger partial charge in [-0.2, -0.15) is 0 Å². The second-order valence-electron chi connectivity index (χ2n) is 7.78. The number of aliphatic hydroxyl groups is 4. The van der Waals surface area contributed by atoms with E-state index in [1.54, 1.807) is 12.1 Å². The summed E-state index contributed by atoms with van der Waals surface area (Å²) in [4.78, 5) is 0. The van der Waals surface area contributed by atoms with Crippen LogP contribution in [-0.4, -0.2) is 50.9 Å². The molecule has 160 valence electrons. The molecule has 0 unspecified atom stereocenters. The fraction of sp³-hybridized carbons (Fsp3) is 0.417. The summed E-state index contributed by atoms with van der Waals surface area (Å²) in [5.74, 6) is 6.13. The Balaban J connectivity index is 1.87. The van der Waals surface area contributed by atoms with Crippen molar-refractivity contribution in [3.8, 4) is 11.8 Å². The zero-order chi connectivity index (χ0) is 21.9. The Kier molecular flexibility index (Phi) is 7.20. The highest BCUT2D eigenvalue weighted by Crippen LogP contribution is 2.40. The second-order valence-corrected chi connectivity index (χ2v) is 8.19. The zero-order valence-corrected chi connectivity index (χ0v) is 17.8. The highest BCUT2D eigenvalue weighted by molar-refractivity contribution is 6.31. The Bertz CT molecular complexity index is 929. The quantitative estimate of drug-likeness (QED) is 0.560. The third-order valence-corrected chi connectivity index (χ3v) is 5.82. The van der Waals surface area contributed by atoms with Gasteiger partial charge in [0.25, 0.3) is 0 Å². The van der Waals surface area contributed by atoms with Crippen molar-refractivity contribution in [3.63, 3.8) is 0 Å². The van der Waals surface area contributed by atoms with E-state index in [-0.39, 0.29) is 0 Å². The van der Waals surface area contributed by atoms with E-state index in [4.69, 9.17) is 16.3 Å². The van der Waals surface area contributed by atoms with Crippen LogP contribution in [0.2, 0.25) is 5.02 Å². The van der Waals surface area contributed by atoms with Gasteiger partial charge >= 0.3 is 0 Å². The van der Waals surface area contributed by atoms with Crippen LogP contribution in [0.15, 0.2) is 42.5 Å². The first-order valence-electron chi connectivity index (χ1n) is 9.98. The molecule has 1 fully saturated rings. The van der Waals surface area contributed by atoms with E-state index < -0.39 is 36.6 Å². The summed E-state index contributed by atoms with van der Waals surface area (Å²) >= 11 is 6.41. The normalized spacial score (nSPS) is 28.6. The molecule has 4 N–H and O–H groups in total. The highest BCUT2D eigenvalue weighted by Gasteiger charge is 2.52. The summed E-state index contributed by atoms with van der Waals surface area (Å²) in [6.45, 7) is 2.94. The predicted molar refractivity (Wildman–Crippen MR) is 115 cm³/mol. The van der Waals surface area contributed by atoms with Crippen molar-refractivity contribution in [3.05, 3.63) is 69.7 Å². The number of rotatable bonds is 4. The van der Waals surface area contributed by atoms with Gasteiger partial charge in [-0.15, -0.1) is 0 Å². The van der Waals surface area contributed by atoms with Gasteiger partial charge in [-0.3, -0.25) is 0 Å². The molecule has 0 radical (unpaired) electrons. The molecule has 2 aromatic rings. The van der Waals surface area contributed by atoms with Gasteiger partial charge in [0, 0.05) is 17.0 Å². The van der Waals surface area contributed by atoms with Gasteiger partial charge in [0.05, 0.1) is 6.61 Å². The smallest absolute Gasteiger partial charge is 0.121 e. The molecule has 3 rings (SSSR count). The monoisotopic (exact) mass is 430 g/mol. The fourth-order valence-electron chi connectivity index (χ4n) is 3.67. The molecule has 0 bridgehead atoms. The molecule has 1 aliphatic heterocycles. The number of hydrogen-bond donors (Lipinski definition) is 4. The second kappa shape index (κ2) is 9.49. The van der Waals surface area contributed by atoms with Crippen molar-refractivity contribution in [2.45, 2.75) is 56.7 Å². The summed E-state index contributed by atoms with van der Waals surface area (Å²) in [5.41, 5.74) is 1.71. The number of ether oxygens (including phenoxy) is 1. The topological polar surface area (TPSA) is 90.2 Å². The van der Waals surface area contributed by atoms with Crippen molar-refractivity contribution >= 4 is 11.6 Å². The van der Waals surface area contributed by atoms with Crippen LogP contribution >= 0.6 is 11.6 Å². The number of aliphatic hydroxyl groups excluding tert-OH is 3. The molecular weight excluding hydrogens is 404 g/mol. The summed E-state index contributed by atoms with van der Waals surface area (Å²) in [6.07, 6.45) is -3.42. The first-order chi connectivity index (χ1) is 14.3. The summed E-state index contributed by atoms with van der Waals surface area (Å²) in [6, 6.07) is 13.2. The zero-order valence-electron chi connectivity index (χ0n) is 17.0. The third kappa shape index (κ3) is 4.70. The average molecular weight is 431 g/mol. The lowest BCUT2D eigenvalue weighted by Gasteiger charge is -2.46. The molecule has 5 nitrogen and oxygen atoms in total. The Morgan fingerprint density at radius 2 is 1.83 bits per heavy atom. The minimum Gasteiger partial charge on any atom is -0.394 e. The number of hydrogen-bond acceptors (Lipinski definition) is 5. The molecule has 2 aromatic carbocycles. The first-order valence-corrected chi connectivity index (χ1v) is 10.4. The van der Waals surface area contributed by atoms with Crippen LogP contribution < -0.4 is 0 Å². The minimum atomic E-state index is -1.74. The molecule has 0 spiro atoms. The van der Waals surface area contributed by atoms with Crippen LogP contribution in [0.25, 0.3) is 0 Å². The summed E-state index contributed by atoms with van der Waals surface area (Å²) in [5, 5.41) is 41.3. The molecular formula is C24H27ClO5. The lowest BCUT2D eigenvalue weighted by Crippen LogP contribution is -2.61. The lowest BCUT2D eigenvalue weighted by atomic mass is 9.80. The molecule has 6 heteroatoms. The molecule has 1 heterocycles. The number of benzene rings is 2. The Morgan fingerprint density at radius 3 is 2.47 bits per heavy atom. The standard InChI is InChI=1S/C24H27ClO5/c1-3-4-5-15-6-8-16(9-7-15)12-18-13-17(10-11-19(18)25)23-24(2,29)22(28)21(27)20(14-26)30-23/h6-11,13,20-23,26-29H,3,12,14H2,1-2H3/t20-,21-,22+,23+,24+/m1/s1. The van der Waals surface area contributed by atoms with Gasteiger partial charge in [-0.25, -0.2) is 0 Å². The first kappa shape index (κ1) is 22.8. The lowest BCUT2D eigenvalue weighted by molar-refractivity contribution is -0.271. The maximum Gasteiger partial charge on any atom is 0.121 e. The van der Waals surface area contributed by atoms with E-state index >= 15 is 0 Å². The summed E-state index contributed by atoms with van der Waals surface area (Å²) < 4.78 is 5.75. The molecule has 1 saturated heterocycles.